The number of quaternary nitrogens is 1. The van der Waals surface area contributed by atoms with E-state index < -0.39 is 0 Å². The van der Waals surface area contributed by atoms with Crippen molar-refractivity contribution in [3.8, 4) is 0 Å². The third-order valence-electron chi connectivity index (χ3n) is 5.08. The van der Waals surface area contributed by atoms with Crippen molar-refractivity contribution in [2.75, 3.05) is 38.6 Å². The van der Waals surface area contributed by atoms with E-state index in [0.717, 1.165) is 37.7 Å². The molecule has 2 aromatic carbocycles. The van der Waals surface area contributed by atoms with Crippen LogP contribution in [-0.4, -0.2) is 44.5 Å². The Kier molecular flexibility index (Phi) is 7.33. The van der Waals surface area contributed by atoms with E-state index in [1.54, 1.807) is 11.8 Å². The molecule has 0 radical (unpaired) electrons. The van der Waals surface area contributed by atoms with Crippen LogP contribution in [0.15, 0.2) is 53.4 Å². The molecule has 1 saturated heterocycles. The van der Waals surface area contributed by atoms with Gasteiger partial charge in [-0.2, -0.15) is 0 Å². The summed E-state index contributed by atoms with van der Waals surface area (Å²) in [6.45, 7) is 8.70. The maximum atomic E-state index is 12.6. The van der Waals surface area contributed by atoms with Crippen LogP contribution in [0.25, 0.3) is 0 Å². The van der Waals surface area contributed by atoms with Crippen molar-refractivity contribution < 1.29 is 14.4 Å². The van der Waals surface area contributed by atoms with Crippen LogP contribution in [0, 0.1) is 13.8 Å². The van der Waals surface area contributed by atoms with Gasteiger partial charge in [-0.1, -0.05) is 36.4 Å². The van der Waals surface area contributed by atoms with Crippen molar-refractivity contribution in [3.63, 3.8) is 0 Å². The number of hydrogen-bond acceptors (Lipinski definition) is 3. The molecule has 1 atom stereocenters. The molecule has 0 unspecified atom stereocenters. The Hall–Kier alpha value is -1.82. The lowest BCUT2D eigenvalue weighted by molar-refractivity contribution is -0.909. The number of benzene rings is 2. The molecule has 1 amide bonds. The van der Waals surface area contributed by atoms with Crippen LogP contribution in [-0.2, 0) is 9.53 Å². The topological polar surface area (TPSA) is 42.8 Å². The van der Waals surface area contributed by atoms with Gasteiger partial charge in [0.05, 0.1) is 19.0 Å². The number of thioether (sulfide) groups is 1. The van der Waals surface area contributed by atoms with Gasteiger partial charge in [-0.3, -0.25) is 4.79 Å². The van der Waals surface area contributed by atoms with E-state index in [1.807, 2.05) is 18.2 Å². The highest BCUT2D eigenvalue weighted by Gasteiger charge is 2.22. The highest BCUT2D eigenvalue weighted by atomic mass is 32.2. The van der Waals surface area contributed by atoms with Crippen molar-refractivity contribution in [3.05, 3.63) is 65.2 Å². The zero-order chi connectivity index (χ0) is 19.1. The van der Waals surface area contributed by atoms with Gasteiger partial charge in [-0.15, -0.1) is 11.8 Å². The number of carbonyl (C=O) groups is 1. The Labute approximate surface area is 166 Å². The zero-order valence-corrected chi connectivity index (χ0v) is 17.0. The summed E-state index contributed by atoms with van der Waals surface area (Å²) in [5.74, 6) is 0.518. The fourth-order valence-electron chi connectivity index (χ4n) is 3.28. The van der Waals surface area contributed by atoms with E-state index in [1.165, 1.54) is 21.6 Å². The number of rotatable bonds is 7. The number of amides is 1. The molecular formula is C22H29N2O2S+. The average molecular weight is 386 g/mol. The molecule has 144 valence electrons. The second kappa shape index (κ2) is 9.93. The number of morpholine rings is 1. The number of carbonyl (C=O) groups excluding carboxylic acids is 1. The minimum atomic E-state index is 0.0344. The molecule has 0 spiro atoms. The Morgan fingerprint density at radius 3 is 2.56 bits per heavy atom. The Bertz CT molecular complexity index is 745. The second-order valence-corrected chi connectivity index (χ2v) is 8.18. The van der Waals surface area contributed by atoms with Crippen LogP contribution in [0.5, 0.6) is 0 Å². The summed E-state index contributed by atoms with van der Waals surface area (Å²) in [4.78, 5) is 15.3. The van der Waals surface area contributed by atoms with E-state index >= 15 is 0 Å². The molecule has 3 rings (SSSR count). The van der Waals surface area contributed by atoms with Crippen molar-refractivity contribution in [2.45, 2.75) is 24.8 Å². The number of nitrogens with one attached hydrogen (secondary N) is 2. The van der Waals surface area contributed by atoms with Gasteiger partial charge in [-0.25, -0.2) is 0 Å². The van der Waals surface area contributed by atoms with Gasteiger partial charge in [0.1, 0.15) is 25.7 Å². The molecule has 1 aliphatic heterocycles. The molecule has 2 N–H and O–H groups in total. The minimum absolute atomic E-state index is 0.0344. The van der Waals surface area contributed by atoms with Crippen molar-refractivity contribution in [2.24, 2.45) is 0 Å². The fourth-order valence-corrected chi connectivity index (χ4v) is 4.08. The van der Waals surface area contributed by atoms with E-state index in [9.17, 15) is 4.79 Å². The molecule has 27 heavy (non-hydrogen) atoms. The summed E-state index contributed by atoms with van der Waals surface area (Å²) in [7, 11) is 0. The number of hydrogen-bond donors (Lipinski definition) is 2. The highest BCUT2D eigenvalue weighted by Crippen LogP contribution is 2.21. The summed E-state index contributed by atoms with van der Waals surface area (Å²) >= 11 is 1.60. The van der Waals surface area contributed by atoms with Crippen LogP contribution in [0.1, 0.15) is 22.7 Å². The predicted molar refractivity (Wildman–Crippen MR) is 110 cm³/mol. The highest BCUT2D eigenvalue weighted by molar-refractivity contribution is 8.00. The van der Waals surface area contributed by atoms with Gasteiger partial charge in [0, 0.05) is 4.90 Å². The molecule has 5 heteroatoms. The van der Waals surface area contributed by atoms with E-state index in [2.05, 4.69) is 49.5 Å². The number of aryl methyl sites for hydroxylation is 2. The second-order valence-electron chi connectivity index (χ2n) is 7.13. The summed E-state index contributed by atoms with van der Waals surface area (Å²) < 4.78 is 5.46. The van der Waals surface area contributed by atoms with Crippen LogP contribution < -0.4 is 10.2 Å². The minimum Gasteiger partial charge on any atom is -0.370 e. The van der Waals surface area contributed by atoms with Gasteiger partial charge < -0.3 is 15.0 Å². The maximum absolute atomic E-state index is 12.6. The SMILES string of the molecule is Cc1ccc(SCC(=O)N[C@@H](C[NH+]2CCOCC2)c2ccccc2)cc1C. The summed E-state index contributed by atoms with van der Waals surface area (Å²) in [5, 5.41) is 3.26. The third kappa shape index (κ3) is 6.09. The number of ether oxygens (including phenoxy) is 1. The Balaban J connectivity index is 1.60. The van der Waals surface area contributed by atoms with E-state index in [4.69, 9.17) is 4.74 Å². The monoisotopic (exact) mass is 385 g/mol. The smallest absolute Gasteiger partial charge is 0.231 e. The van der Waals surface area contributed by atoms with Gasteiger partial charge in [0.25, 0.3) is 0 Å². The van der Waals surface area contributed by atoms with Crippen molar-refractivity contribution in [1.82, 2.24) is 5.32 Å². The predicted octanol–water partition coefficient (Wildman–Crippen LogP) is 2.17. The van der Waals surface area contributed by atoms with Gasteiger partial charge in [0.15, 0.2) is 0 Å². The lowest BCUT2D eigenvalue weighted by Crippen LogP contribution is -3.14. The van der Waals surface area contributed by atoms with Crippen LogP contribution >= 0.6 is 11.8 Å². The molecule has 0 saturated carbocycles. The summed E-state index contributed by atoms with van der Waals surface area (Å²) in [5.41, 5.74) is 3.71. The molecule has 1 heterocycles. The van der Waals surface area contributed by atoms with Gasteiger partial charge >= 0.3 is 0 Å². The van der Waals surface area contributed by atoms with Crippen LogP contribution in [0.4, 0.5) is 0 Å². The third-order valence-corrected chi connectivity index (χ3v) is 6.07. The molecule has 1 fully saturated rings. The fraction of sp³-hybridized carbons (Fsp3) is 0.409. The molecular weight excluding hydrogens is 356 g/mol. The first-order chi connectivity index (χ1) is 13.1. The van der Waals surface area contributed by atoms with Crippen LogP contribution in [0.3, 0.4) is 0 Å². The largest absolute Gasteiger partial charge is 0.370 e. The standard InChI is InChI=1S/C22H28N2O2S/c1-17-8-9-20(14-18(17)2)27-16-22(25)23-21(19-6-4-3-5-7-19)15-24-10-12-26-13-11-24/h3-9,14,21H,10-13,15-16H2,1-2H3,(H,23,25)/p+1/t21-/m0/s1. The summed E-state index contributed by atoms with van der Waals surface area (Å²) in [6, 6.07) is 16.7. The molecule has 2 aromatic rings. The Morgan fingerprint density at radius 1 is 1.11 bits per heavy atom. The molecule has 0 aliphatic carbocycles. The van der Waals surface area contributed by atoms with Crippen molar-refractivity contribution >= 4 is 17.7 Å². The van der Waals surface area contributed by atoms with Gasteiger partial charge in [0.2, 0.25) is 5.91 Å². The maximum Gasteiger partial charge on any atom is 0.231 e. The first-order valence-corrected chi connectivity index (χ1v) is 10.6. The quantitative estimate of drug-likeness (QED) is 0.718. The lowest BCUT2D eigenvalue weighted by Gasteiger charge is -2.28. The zero-order valence-electron chi connectivity index (χ0n) is 16.2. The van der Waals surface area contributed by atoms with E-state index in [0.29, 0.717) is 5.75 Å². The van der Waals surface area contributed by atoms with E-state index in [-0.39, 0.29) is 11.9 Å². The molecule has 4 nitrogen and oxygen atoms in total. The van der Waals surface area contributed by atoms with Crippen LogP contribution in [0.2, 0.25) is 0 Å². The summed E-state index contributed by atoms with van der Waals surface area (Å²) in [6.07, 6.45) is 0. The first-order valence-electron chi connectivity index (χ1n) is 9.57. The van der Waals surface area contributed by atoms with Gasteiger partial charge in [-0.05, 0) is 42.7 Å². The first kappa shape index (κ1) is 19.9. The van der Waals surface area contributed by atoms with Crippen molar-refractivity contribution in [1.29, 1.82) is 0 Å². The lowest BCUT2D eigenvalue weighted by atomic mass is 10.1. The Morgan fingerprint density at radius 2 is 1.85 bits per heavy atom. The average Bonchev–Trinajstić information content (AvgIpc) is 2.70. The molecule has 1 aliphatic rings. The molecule has 0 aromatic heterocycles. The normalized spacial score (nSPS) is 16.1. The molecule has 0 bridgehead atoms.